The third kappa shape index (κ3) is 2.85. The number of hydrogen-bond donors (Lipinski definition) is 2. The van der Waals surface area contributed by atoms with Crippen molar-refractivity contribution in [3.05, 3.63) is 29.8 Å². The third-order valence-corrected chi connectivity index (χ3v) is 4.20. The van der Waals surface area contributed by atoms with Crippen molar-refractivity contribution in [3.8, 4) is 11.4 Å². The van der Waals surface area contributed by atoms with Gasteiger partial charge < -0.3 is 10.1 Å². The molecule has 0 atom stereocenters. The minimum atomic E-state index is -0.333. The molecule has 1 aliphatic carbocycles. The van der Waals surface area contributed by atoms with E-state index in [-0.39, 0.29) is 11.3 Å². The normalized spacial score (nSPS) is 16.0. The zero-order valence-electron chi connectivity index (χ0n) is 12.5. The van der Waals surface area contributed by atoms with Crippen LogP contribution in [0.3, 0.4) is 0 Å². The van der Waals surface area contributed by atoms with E-state index < -0.39 is 0 Å². The Kier molecular flexibility index (Phi) is 4.15. The molecule has 3 rings (SSSR count). The van der Waals surface area contributed by atoms with E-state index in [1.54, 1.807) is 7.11 Å². The number of carbonyl (C=O) groups excluding carboxylic acids is 1. The molecule has 7 nitrogen and oxygen atoms in total. The fraction of sp³-hybridized carbons (Fsp3) is 0.467. The Morgan fingerprint density at radius 1 is 1.45 bits per heavy atom. The Morgan fingerprint density at radius 2 is 2.32 bits per heavy atom. The van der Waals surface area contributed by atoms with Crippen LogP contribution < -0.4 is 5.32 Å². The quantitative estimate of drug-likeness (QED) is 0.839. The molecule has 1 aliphatic rings. The van der Waals surface area contributed by atoms with Gasteiger partial charge in [-0.2, -0.15) is 5.21 Å². The molecule has 0 bridgehead atoms. The predicted molar refractivity (Wildman–Crippen MR) is 79.6 cm³/mol. The Balaban J connectivity index is 1.64. The molecule has 0 saturated heterocycles. The number of amides is 1. The van der Waals surface area contributed by atoms with E-state index in [1.807, 2.05) is 24.3 Å². The highest BCUT2D eigenvalue weighted by Gasteiger charge is 2.43. The number of rotatable bonds is 6. The lowest BCUT2D eigenvalue weighted by Crippen LogP contribution is -2.48. The average Bonchev–Trinajstić information content (AvgIpc) is 3.03. The van der Waals surface area contributed by atoms with E-state index in [0.717, 1.165) is 30.4 Å². The molecule has 1 heterocycles. The number of H-pyrrole nitrogens is 1. The van der Waals surface area contributed by atoms with E-state index in [1.165, 1.54) is 0 Å². The topological polar surface area (TPSA) is 92.8 Å². The molecule has 1 saturated carbocycles. The molecule has 0 aliphatic heterocycles. The molecule has 0 unspecified atom stereocenters. The second kappa shape index (κ2) is 6.23. The maximum absolute atomic E-state index is 12.4. The molecule has 2 N–H and O–H groups in total. The molecule has 1 amide bonds. The number of nitrogens with one attached hydrogen (secondary N) is 2. The zero-order valence-corrected chi connectivity index (χ0v) is 12.5. The van der Waals surface area contributed by atoms with Gasteiger partial charge in [-0.3, -0.25) is 4.79 Å². The lowest BCUT2D eigenvalue weighted by atomic mass is 9.68. The molecule has 1 fully saturated rings. The van der Waals surface area contributed by atoms with Crippen molar-refractivity contribution in [1.82, 2.24) is 25.9 Å². The smallest absolute Gasteiger partial charge is 0.228 e. The van der Waals surface area contributed by atoms with E-state index >= 15 is 0 Å². The number of benzene rings is 1. The largest absolute Gasteiger partial charge is 0.384 e. The fourth-order valence-electron chi connectivity index (χ4n) is 2.79. The number of aromatic nitrogens is 4. The Morgan fingerprint density at radius 3 is 2.95 bits per heavy atom. The number of carbonyl (C=O) groups is 1. The van der Waals surface area contributed by atoms with Crippen molar-refractivity contribution in [2.45, 2.75) is 25.8 Å². The van der Waals surface area contributed by atoms with Crippen molar-refractivity contribution in [2.75, 3.05) is 13.7 Å². The predicted octanol–water partition coefficient (Wildman–Crippen LogP) is 1.30. The van der Waals surface area contributed by atoms with Crippen LogP contribution in [0.15, 0.2) is 24.3 Å². The standard InChI is InChI=1S/C15H19N5O2/c1-22-10-15(6-3-7-15)14(21)16-9-11-4-2-5-12(8-11)13-17-19-20-18-13/h2,4-5,8H,3,6-7,9-10H2,1H3,(H,16,21)(H,17,18,19,20). The van der Waals surface area contributed by atoms with Gasteiger partial charge in [0.2, 0.25) is 11.7 Å². The van der Waals surface area contributed by atoms with Crippen molar-refractivity contribution in [1.29, 1.82) is 0 Å². The van der Waals surface area contributed by atoms with E-state index in [2.05, 4.69) is 25.9 Å². The number of hydrogen-bond acceptors (Lipinski definition) is 5. The second-order valence-electron chi connectivity index (χ2n) is 5.69. The van der Waals surface area contributed by atoms with Crippen LogP contribution in [0, 0.1) is 5.41 Å². The number of nitrogens with zero attached hydrogens (tertiary/aromatic N) is 3. The van der Waals surface area contributed by atoms with Gasteiger partial charge in [-0.05, 0) is 29.7 Å². The monoisotopic (exact) mass is 301 g/mol. The molecule has 2 aromatic rings. The minimum absolute atomic E-state index is 0.0746. The van der Waals surface area contributed by atoms with Crippen molar-refractivity contribution in [2.24, 2.45) is 5.41 Å². The van der Waals surface area contributed by atoms with Gasteiger partial charge in [-0.1, -0.05) is 24.6 Å². The van der Waals surface area contributed by atoms with Crippen LogP contribution in [-0.4, -0.2) is 40.2 Å². The van der Waals surface area contributed by atoms with Gasteiger partial charge in [-0.25, -0.2) is 0 Å². The molecule has 0 spiro atoms. The Hall–Kier alpha value is -2.28. The first-order chi connectivity index (χ1) is 10.7. The summed E-state index contributed by atoms with van der Waals surface area (Å²) >= 11 is 0. The number of tetrazole rings is 1. The van der Waals surface area contributed by atoms with Crippen LogP contribution in [-0.2, 0) is 16.1 Å². The number of aromatic amines is 1. The first-order valence-corrected chi connectivity index (χ1v) is 7.33. The highest BCUT2D eigenvalue weighted by Crippen LogP contribution is 2.41. The van der Waals surface area contributed by atoms with Crippen molar-refractivity contribution in [3.63, 3.8) is 0 Å². The maximum atomic E-state index is 12.4. The molecule has 116 valence electrons. The van der Waals surface area contributed by atoms with Crippen LogP contribution in [0.25, 0.3) is 11.4 Å². The van der Waals surface area contributed by atoms with Crippen molar-refractivity contribution < 1.29 is 9.53 Å². The summed E-state index contributed by atoms with van der Waals surface area (Å²) in [6.45, 7) is 0.970. The molecular weight excluding hydrogens is 282 g/mol. The van der Waals surface area contributed by atoms with Crippen LogP contribution in [0.1, 0.15) is 24.8 Å². The number of methoxy groups -OCH3 is 1. The summed E-state index contributed by atoms with van der Waals surface area (Å²) in [5.41, 5.74) is 1.54. The first kappa shape index (κ1) is 14.6. The van der Waals surface area contributed by atoms with Crippen LogP contribution in [0.5, 0.6) is 0 Å². The fourth-order valence-corrected chi connectivity index (χ4v) is 2.79. The van der Waals surface area contributed by atoms with E-state index in [9.17, 15) is 4.79 Å². The second-order valence-corrected chi connectivity index (χ2v) is 5.69. The SMILES string of the molecule is COCC1(C(=O)NCc2cccc(-c3nn[nH]n3)c2)CCC1. The minimum Gasteiger partial charge on any atom is -0.384 e. The van der Waals surface area contributed by atoms with Gasteiger partial charge in [0.15, 0.2) is 0 Å². The summed E-state index contributed by atoms with van der Waals surface area (Å²) in [6.07, 6.45) is 2.88. The third-order valence-electron chi connectivity index (χ3n) is 4.20. The zero-order chi connectivity index (χ0) is 15.4. The van der Waals surface area contributed by atoms with E-state index in [4.69, 9.17) is 4.74 Å². The van der Waals surface area contributed by atoms with Crippen LogP contribution >= 0.6 is 0 Å². The first-order valence-electron chi connectivity index (χ1n) is 7.33. The molecule has 0 radical (unpaired) electrons. The van der Waals surface area contributed by atoms with Crippen LogP contribution in [0.2, 0.25) is 0 Å². The molecular formula is C15H19N5O2. The lowest BCUT2D eigenvalue weighted by Gasteiger charge is -2.39. The van der Waals surface area contributed by atoms with Gasteiger partial charge in [0, 0.05) is 19.2 Å². The summed E-state index contributed by atoms with van der Waals surface area (Å²) < 4.78 is 5.20. The van der Waals surface area contributed by atoms with Gasteiger partial charge in [0.1, 0.15) is 0 Å². The molecule has 1 aromatic carbocycles. The van der Waals surface area contributed by atoms with Gasteiger partial charge in [0.25, 0.3) is 0 Å². The average molecular weight is 301 g/mol. The summed E-state index contributed by atoms with van der Waals surface area (Å²) in [7, 11) is 1.64. The van der Waals surface area contributed by atoms with E-state index in [0.29, 0.717) is 19.0 Å². The lowest BCUT2D eigenvalue weighted by molar-refractivity contribution is -0.140. The van der Waals surface area contributed by atoms with Gasteiger partial charge in [-0.15, -0.1) is 10.2 Å². The van der Waals surface area contributed by atoms with Gasteiger partial charge in [0.05, 0.1) is 12.0 Å². The van der Waals surface area contributed by atoms with Crippen molar-refractivity contribution >= 4 is 5.91 Å². The summed E-state index contributed by atoms with van der Waals surface area (Å²) in [5, 5.41) is 16.9. The molecule has 7 heteroatoms. The summed E-state index contributed by atoms with van der Waals surface area (Å²) in [5.74, 6) is 0.619. The molecule has 22 heavy (non-hydrogen) atoms. The Bertz CT molecular complexity index is 637. The van der Waals surface area contributed by atoms with Crippen LogP contribution in [0.4, 0.5) is 0 Å². The number of ether oxygens (including phenoxy) is 1. The highest BCUT2D eigenvalue weighted by atomic mass is 16.5. The maximum Gasteiger partial charge on any atom is 0.228 e. The molecule has 1 aromatic heterocycles. The highest BCUT2D eigenvalue weighted by molar-refractivity contribution is 5.83. The van der Waals surface area contributed by atoms with Gasteiger partial charge >= 0.3 is 0 Å². The summed E-state index contributed by atoms with van der Waals surface area (Å²) in [4.78, 5) is 12.4. The Labute approximate surface area is 128 Å². The summed E-state index contributed by atoms with van der Waals surface area (Å²) in [6, 6.07) is 7.75.